The highest BCUT2D eigenvalue weighted by Gasteiger charge is 2.45. The number of anilines is 1. The number of rotatable bonds is 4. The average Bonchev–Trinajstić information content (AvgIpc) is 3.03. The predicted molar refractivity (Wildman–Crippen MR) is 83.4 cm³/mol. The molecule has 1 aliphatic carbocycles. The van der Waals surface area contributed by atoms with Gasteiger partial charge in [-0.05, 0) is 42.8 Å². The topological polar surface area (TPSA) is 41.1 Å². The summed E-state index contributed by atoms with van der Waals surface area (Å²) in [6.45, 7) is 2.70. The number of thiophene rings is 1. The van der Waals surface area contributed by atoms with Gasteiger partial charge in [-0.25, -0.2) is 4.79 Å². The zero-order valence-electron chi connectivity index (χ0n) is 11.5. The number of amides is 2. The van der Waals surface area contributed by atoms with E-state index in [2.05, 4.69) is 28.1 Å². The molecule has 1 heterocycles. The van der Waals surface area contributed by atoms with E-state index in [4.69, 9.17) is 0 Å². The summed E-state index contributed by atoms with van der Waals surface area (Å²) in [6, 6.07) is 11.9. The van der Waals surface area contributed by atoms with Crippen LogP contribution in [-0.2, 0) is 5.41 Å². The maximum absolute atomic E-state index is 12.0. The molecule has 0 radical (unpaired) electrons. The van der Waals surface area contributed by atoms with Crippen LogP contribution < -0.4 is 10.6 Å². The third-order valence-corrected chi connectivity index (χ3v) is 4.99. The van der Waals surface area contributed by atoms with Crippen molar-refractivity contribution in [3.63, 3.8) is 0 Å². The zero-order chi connectivity index (χ0) is 14.0. The highest BCUT2D eigenvalue weighted by Crippen LogP contribution is 2.49. The Balaban J connectivity index is 1.57. The third kappa shape index (κ3) is 2.70. The van der Waals surface area contributed by atoms with Gasteiger partial charge in [0.15, 0.2) is 0 Å². The molecule has 1 saturated carbocycles. The molecule has 0 unspecified atom stereocenters. The summed E-state index contributed by atoms with van der Waals surface area (Å²) >= 11 is 1.78. The van der Waals surface area contributed by atoms with Crippen LogP contribution in [0.3, 0.4) is 0 Å². The number of nitrogens with one attached hydrogen (secondary N) is 2. The fourth-order valence-electron chi connectivity index (χ4n) is 2.37. The lowest BCUT2D eigenvalue weighted by Gasteiger charge is -2.15. The van der Waals surface area contributed by atoms with Gasteiger partial charge in [-0.15, -0.1) is 11.3 Å². The number of urea groups is 1. The number of hydrogen-bond donors (Lipinski definition) is 2. The van der Waals surface area contributed by atoms with Crippen LogP contribution in [0, 0.1) is 6.92 Å². The Bertz CT molecular complexity index is 603. The Kier molecular flexibility index (Phi) is 3.49. The van der Waals surface area contributed by atoms with Gasteiger partial charge in [-0.1, -0.05) is 24.3 Å². The van der Waals surface area contributed by atoms with Crippen LogP contribution in [-0.4, -0.2) is 12.6 Å². The molecule has 4 heteroatoms. The largest absolute Gasteiger partial charge is 0.337 e. The molecular formula is C16H18N2OS. The van der Waals surface area contributed by atoms with Crippen LogP contribution in [0.5, 0.6) is 0 Å². The zero-order valence-corrected chi connectivity index (χ0v) is 12.3. The minimum absolute atomic E-state index is 0.123. The standard InChI is InChI=1S/C16H18N2OS/c1-12-5-2-3-6-13(12)18-15(19)17-11-16(8-9-16)14-7-4-10-20-14/h2-7,10H,8-9,11H2,1H3,(H2,17,18,19). The first-order chi connectivity index (χ1) is 9.70. The van der Waals surface area contributed by atoms with E-state index in [1.54, 1.807) is 11.3 Å². The number of carbonyl (C=O) groups is 1. The summed E-state index contributed by atoms with van der Waals surface area (Å²) in [5, 5.41) is 8.02. The van der Waals surface area contributed by atoms with E-state index in [0.29, 0.717) is 6.54 Å². The molecule has 0 atom stereocenters. The van der Waals surface area contributed by atoms with E-state index in [-0.39, 0.29) is 11.4 Å². The fourth-order valence-corrected chi connectivity index (χ4v) is 3.36. The van der Waals surface area contributed by atoms with Crippen molar-refractivity contribution in [2.75, 3.05) is 11.9 Å². The second kappa shape index (κ2) is 5.29. The SMILES string of the molecule is Cc1ccccc1NC(=O)NCC1(c2cccs2)CC1. The monoisotopic (exact) mass is 286 g/mol. The molecule has 0 saturated heterocycles. The lowest BCUT2D eigenvalue weighted by molar-refractivity contribution is 0.251. The molecule has 3 nitrogen and oxygen atoms in total. The summed E-state index contributed by atoms with van der Waals surface area (Å²) in [5.41, 5.74) is 2.13. The van der Waals surface area contributed by atoms with Crippen LogP contribution in [0.25, 0.3) is 0 Å². The van der Waals surface area contributed by atoms with Crippen molar-refractivity contribution in [2.24, 2.45) is 0 Å². The molecule has 20 heavy (non-hydrogen) atoms. The molecule has 0 spiro atoms. The second-order valence-corrected chi connectivity index (χ2v) is 6.33. The molecule has 1 aromatic heterocycles. The van der Waals surface area contributed by atoms with Gasteiger partial charge in [0.1, 0.15) is 0 Å². The number of carbonyl (C=O) groups excluding carboxylic acids is 1. The second-order valence-electron chi connectivity index (χ2n) is 5.38. The molecule has 3 rings (SSSR count). The molecule has 2 amide bonds. The van der Waals surface area contributed by atoms with E-state index in [1.165, 1.54) is 4.88 Å². The van der Waals surface area contributed by atoms with Gasteiger partial charge in [-0.3, -0.25) is 0 Å². The number of hydrogen-bond acceptors (Lipinski definition) is 2. The summed E-state index contributed by atoms with van der Waals surface area (Å²) in [4.78, 5) is 13.4. The first kappa shape index (κ1) is 13.2. The fraction of sp³-hybridized carbons (Fsp3) is 0.312. The lowest BCUT2D eigenvalue weighted by atomic mass is 10.1. The Hall–Kier alpha value is -1.81. The summed E-state index contributed by atoms with van der Waals surface area (Å²) in [6.07, 6.45) is 2.33. The van der Waals surface area contributed by atoms with Crippen LogP contribution in [0.1, 0.15) is 23.3 Å². The van der Waals surface area contributed by atoms with Crippen molar-refractivity contribution in [3.8, 4) is 0 Å². The van der Waals surface area contributed by atoms with E-state index in [1.807, 2.05) is 31.2 Å². The summed E-state index contributed by atoms with van der Waals surface area (Å²) < 4.78 is 0. The molecule has 2 aromatic rings. The highest BCUT2D eigenvalue weighted by molar-refractivity contribution is 7.10. The summed E-state index contributed by atoms with van der Waals surface area (Å²) in [5.74, 6) is 0. The van der Waals surface area contributed by atoms with Gasteiger partial charge >= 0.3 is 6.03 Å². The molecule has 0 aliphatic heterocycles. The minimum Gasteiger partial charge on any atom is -0.337 e. The Morgan fingerprint density at radius 3 is 2.70 bits per heavy atom. The van der Waals surface area contributed by atoms with E-state index >= 15 is 0 Å². The first-order valence-electron chi connectivity index (χ1n) is 6.84. The van der Waals surface area contributed by atoms with Crippen molar-refractivity contribution >= 4 is 23.1 Å². The number of para-hydroxylation sites is 1. The molecule has 1 aromatic carbocycles. The van der Waals surface area contributed by atoms with Crippen LogP contribution >= 0.6 is 11.3 Å². The Labute approximate surface area is 123 Å². The minimum atomic E-state index is -0.123. The maximum Gasteiger partial charge on any atom is 0.319 e. The van der Waals surface area contributed by atoms with Gasteiger partial charge in [0.25, 0.3) is 0 Å². The quantitative estimate of drug-likeness (QED) is 0.879. The molecule has 1 aliphatic rings. The smallest absolute Gasteiger partial charge is 0.319 e. The van der Waals surface area contributed by atoms with Gasteiger partial charge in [0.05, 0.1) is 0 Å². The lowest BCUT2D eigenvalue weighted by Crippen LogP contribution is -2.35. The average molecular weight is 286 g/mol. The van der Waals surface area contributed by atoms with Gasteiger partial charge in [0.2, 0.25) is 0 Å². The van der Waals surface area contributed by atoms with Crippen LogP contribution in [0.2, 0.25) is 0 Å². The van der Waals surface area contributed by atoms with Crippen molar-refractivity contribution in [3.05, 3.63) is 52.2 Å². The Morgan fingerprint density at radius 1 is 1.25 bits per heavy atom. The Morgan fingerprint density at radius 2 is 2.05 bits per heavy atom. The van der Waals surface area contributed by atoms with E-state index in [0.717, 1.165) is 24.1 Å². The molecule has 104 valence electrons. The molecule has 1 fully saturated rings. The number of benzene rings is 1. The van der Waals surface area contributed by atoms with Gasteiger partial charge < -0.3 is 10.6 Å². The van der Waals surface area contributed by atoms with Crippen LogP contribution in [0.15, 0.2) is 41.8 Å². The van der Waals surface area contributed by atoms with Crippen molar-refractivity contribution in [1.29, 1.82) is 0 Å². The first-order valence-corrected chi connectivity index (χ1v) is 7.72. The van der Waals surface area contributed by atoms with Gasteiger partial charge in [-0.2, -0.15) is 0 Å². The number of aryl methyl sites for hydroxylation is 1. The molecule has 2 N–H and O–H groups in total. The molecule has 0 bridgehead atoms. The van der Waals surface area contributed by atoms with Gasteiger partial charge in [0, 0.05) is 22.5 Å². The third-order valence-electron chi connectivity index (χ3n) is 3.88. The van der Waals surface area contributed by atoms with E-state index in [9.17, 15) is 4.79 Å². The summed E-state index contributed by atoms with van der Waals surface area (Å²) in [7, 11) is 0. The molecular weight excluding hydrogens is 268 g/mol. The van der Waals surface area contributed by atoms with E-state index < -0.39 is 0 Å². The van der Waals surface area contributed by atoms with Crippen molar-refractivity contribution in [1.82, 2.24) is 5.32 Å². The van der Waals surface area contributed by atoms with Crippen LogP contribution in [0.4, 0.5) is 10.5 Å². The normalized spacial score (nSPS) is 15.7. The van der Waals surface area contributed by atoms with Crippen molar-refractivity contribution < 1.29 is 4.79 Å². The highest BCUT2D eigenvalue weighted by atomic mass is 32.1. The maximum atomic E-state index is 12.0. The van der Waals surface area contributed by atoms with Crippen molar-refractivity contribution in [2.45, 2.75) is 25.2 Å². The predicted octanol–water partition coefficient (Wildman–Crippen LogP) is 3.91.